The summed E-state index contributed by atoms with van der Waals surface area (Å²) < 4.78 is 5.06. The van der Waals surface area contributed by atoms with Crippen molar-refractivity contribution >= 4 is 11.7 Å². The first-order valence-electron chi connectivity index (χ1n) is 6.40. The van der Waals surface area contributed by atoms with E-state index in [2.05, 4.69) is 10.6 Å². The van der Waals surface area contributed by atoms with E-state index in [1.807, 2.05) is 32.0 Å². The van der Waals surface area contributed by atoms with Crippen LogP contribution in [0, 0.1) is 13.8 Å². The van der Waals surface area contributed by atoms with Crippen LogP contribution in [-0.4, -0.2) is 17.7 Å². The molecule has 0 radical (unpaired) electrons. The van der Waals surface area contributed by atoms with Crippen molar-refractivity contribution in [1.29, 1.82) is 0 Å². The Morgan fingerprint density at radius 2 is 2.15 bits per heavy atom. The molecule has 0 bridgehead atoms. The molecule has 2 amide bonds. The second kappa shape index (κ2) is 6.25. The van der Waals surface area contributed by atoms with Gasteiger partial charge in [-0.15, -0.1) is 0 Å². The molecule has 106 valence electrons. The van der Waals surface area contributed by atoms with Gasteiger partial charge in [-0.1, -0.05) is 17.7 Å². The Bertz CT molecular complexity index is 579. The van der Waals surface area contributed by atoms with Gasteiger partial charge in [0.15, 0.2) is 0 Å². The molecule has 0 spiro atoms. The van der Waals surface area contributed by atoms with Crippen LogP contribution in [-0.2, 0) is 0 Å². The molecule has 5 nitrogen and oxygen atoms in total. The van der Waals surface area contributed by atoms with E-state index in [0.717, 1.165) is 16.8 Å². The first-order chi connectivity index (χ1) is 9.56. The number of aryl methyl sites for hydroxylation is 2. The lowest BCUT2D eigenvalue weighted by molar-refractivity contribution is 0.149. The molecule has 0 saturated carbocycles. The molecule has 5 heteroatoms. The van der Waals surface area contributed by atoms with Gasteiger partial charge in [0.05, 0.1) is 12.8 Å². The van der Waals surface area contributed by atoms with Crippen LogP contribution in [0.25, 0.3) is 0 Å². The van der Waals surface area contributed by atoms with Gasteiger partial charge in [0.2, 0.25) is 0 Å². The van der Waals surface area contributed by atoms with Gasteiger partial charge >= 0.3 is 6.03 Å². The minimum atomic E-state index is -0.852. The zero-order valence-corrected chi connectivity index (χ0v) is 11.5. The lowest BCUT2D eigenvalue weighted by atomic mass is 10.1. The Kier molecular flexibility index (Phi) is 4.42. The molecule has 1 aromatic heterocycles. The van der Waals surface area contributed by atoms with E-state index < -0.39 is 6.10 Å². The quantitative estimate of drug-likeness (QED) is 0.802. The highest BCUT2D eigenvalue weighted by Gasteiger charge is 2.12. The monoisotopic (exact) mass is 274 g/mol. The predicted molar refractivity (Wildman–Crippen MR) is 76.6 cm³/mol. The number of benzene rings is 1. The lowest BCUT2D eigenvalue weighted by Gasteiger charge is -2.12. The number of nitrogens with one attached hydrogen (secondary N) is 2. The maximum absolute atomic E-state index is 11.8. The van der Waals surface area contributed by atoms with Gasteiger partial charge in [0.1, 0.15) is 11.9 Å². The molecule has 0 fully saturated rings. The zero-order chi connectivity index (χ0) is 14.5. The van der Waals surface area contributed by atoms with Crippen LogP contribution < -0.4 is 10.6 Å². The van der Waals surface area contributed by atoms with E-state index in [-0.39, 0.29) is 12.6 Å². The molecule has 1 unspecified atom stereocenters. The summed E-state index contributed by atoms with van der Waals surface area (Å²) in [5.74, 6) is 0.428. The van der Waals surface area contributed by atoms with Gasteiger partial charge in [-0.2, -0.15) is 0 Å². The average molecular weight is 274 g/mol. The number of urea groups is 1. The number of anilines is 1. The number of aliphatic hydroxyl groups excluding tert-OH is 1. The fourth-order valence-corrected chi connectivity index (χ4v) is 1.89. The summed E-state index contributed by atoms with van der Waals surface area (Å²) in [5, 5.41) is 15.1. The summed E-state index contributed by atoms with van der Waals surface area (Å²) in [7, 11) is 0. The fourth-order valence-electron chi connectivity index (χ4n) is 1.89. The number of amides is 2. The van der Waals surface area contributed by atoms with Crippen molar-refractivity contribution in [2.24, 2.45) is 0 Å². The van der Waals surface area contributed by atoms with Crippen molar-refractivity contribution in [3.63, 3.8) is 0 Å². The van der Waals surface area contributed by atoms with Gasteiger partial charge < -0.3 is 20.2 Å². The molecule has 2 aromatic rings. The summed E-state index contributed by atoms with van der Waals surface area (Å²) in [5.41, 5.74) is 2.88. The second-order valence-electron chi connectivity index (χ2n) is 4.68. The molecule has 2 rings (SSSR count). The number of carbonyl (C=O) groups excluding carboxylic acids is 1. The molecule has 0 aliphatic heterocycles. The Hall–Kier alpha value is -2.27. The van der Waals surface area contributed by atoms with Crippen LogP contribution in [0.2, 0.25) is 0 Å². The maximum Gasteiger partial charge on any atom is 0.319 e. The Labute approximate surface area is 117 Å². The van der Waals surface area contributed by atoms with Crippen molar-refractivity contribution < 1.29 is 14.3 Å². The third-order valence-electron chi connectivity index (χ3n) is 2.96. The largest absolute Gasteiger partial charge is 0.467 e. The zero-order valence-electron chi connectivity index (χ0n) is 11.5. The number of hydrogen-bond donors (Lipinski definition) is 3. The first-order valence-corrected chi connectivity index (χ1v) is 6.40. The van der Waals surface area contributed by atoms with Gasteiger partial charge in [0, 0.05) is 5.69 Å². The third-order valence-corrected chi connectivity index (χ3v) is 2.96. The smallest absolute Gasteiger partial charge is 0.319 e. The summed E-state index contributed by atoms with van der Waals surface area (Å²) in [4.78, 5) is 11.8. The van der Waals surface area contributed by atoms with E-state index >= 15 is 0 Å². The van der Waals surface area contributed by atoms with Crippen LogP contribution in [0.5, 0.6) is 0 Å². The highest BCUT2D eigenvalue weighted by molar-refractivity contribution is 5.90. The van der Waals surface area contributed by atoms with Gasteiger partial charge in [0.25, 0.3) is 0 Å². The van der Waals surface area contributed by atoms with Crippen molar-refractivity contribution in [1.82, 2.24) is 5.32 Å². The van der Waals surface area contributed by atoms with E-state index in [1.54, 1.807) is 12.1 Å². The van der Waals surface area contributed by atoms with Crippen LogP contribution in [0.15, 0.2) is 41.0 Å². The van der Waals surface area contributed by atoms with Crippen molar-refractivity contribution in [2.75, 3.05) is 11.9 Å². The highest BCUT2D eigenvalue weighted by atomic mass is 16.4. The molecule has 1 atom stereocenters. The third kappa shape index (κ3) is 3.61. The Balaban J connectivity index is 1.86. The standard InChI is InChI=1S/C15H18N2O3/c1-10-5-6-12(11(2)8-10)17-15(19)16-9-13(18)14-4-3-7-20-14/h3-8,13,18H,9H2,1-2H3,(H2,16,17,19). The van der Waals surface area contributed by atoms with Crippen LogP contribution in [0.1, 0.15) is 23.0 Å². The normalized spacial score (nSPS) is 11.9. The van der Waals surface area contributed by atoms with Crippen molar-refractivity contribution in [3.05, 3.63) is 53.5 Å². The molecule has 0 aliphatic rings. The van der Waals surface area contributed by atoms with Gasteiger partial charge in [-0.3, -0.25) is 0 Å². The minimum absolute atomic E-state index is 0.0876. The fraction of sp³-hybridized carbons (Fsp3) is 0.267. The molecule has 1 aromatic carbocycles. The molecule has 3 N–H and O–H groups in total. The second-order valence-corrected chi connectivity index (χ2v) is 4.68. The van der Waals surface area contributed by atoms with Crippen LogP contribution >= 0.6 is 0 Å². The molecule has 0 saturated heterocycles. The molecule has 0 aliphatic carbocycles. The van der Waals surface area contributed by atoms with Crippen LogP contribution in [0.4, 0.5) is 10.5 Å². The molecule has 1 heterocycles. The van der Waals surface area contributed by atoms with E-state index in [9.17, 15) is 9.90 Å². The van der Waals surface area contributed by atoms with Crippen molar-refractivity contribution in [3.8, 4) is 0 Å². The SMILES string of the molecule is Cc1ccc(NC(=O)NCC(O)c2ccco2)c(C)c1. The van der Waals surface area contributed by atoms with E-state index in [1.165, 1.54) is 6.26 Å². The lowest BCUT2D eigenvalue weighted by Crippen LogP contribution is -2.32. The number of rotatable bonds is 4. The molecule has 20 heavy (non-hydrogen) atoms. The maximum atomic E-state index is 11.8. The van der Waals surface area contributed by atoms with E-state index in [4.69, 9.17) is 4.42 Å². The minimum Gasteiger partial charge on any atom is -0.467 e. The summed E-state index contributed by atoms with van der Waals surface area (Å²) in [6, 6.07) is 8.77. The van der Waals surface area contributed by atoms with E-state index in [0.29, 0.717) is 5.76 Å². The van der Waals surface area contributed by atoms with Crippen molar-refractivity contribution in [2.45, 2.75) is 20.0 Å². The topological polar surface area (TPSA) is 74.5 Å². The summed E-state index contributed by atoms with van der Waals surface area (Å²) in [6.45, 7) is 4.02. The van der Waals surface area contributed by atoms with Crippen LogP contribution in [0.3, 0.4) is 0 Å². The Morgan fingerprint density at radius 1 is 1.35 bits per heavy atom. The number of hydrogen-bond acceptors (Lipinski definition) is 3. The Morgan fingerprint density at radius 3 is 2.80 bits per heavy atom. The molecular formula is C15H18N2O3. The first kappa shape index (κ1) is 14.1. The predicted octanol–water partition coefficient (Wildman–Crippen LogP) is 2.75. The average Bonchev–Trinajstić information content (AvgIpc) is 2.93. The molecular weight excluding hydrogens is 256 g/mol. The number of furan rings is 1. The van der Waals surface area contributed by atoms with Gasteiger partial charge in [-0.25, -0.2) is 4.79 Å². The number of aliphatic hydroxyl groups is 1. The number of carbonyl (C=O) groups is 1. The summed E-state index contributed by atoms with van der Waals surface area (Å²) in [6.07, 6.45) is 0.628. The van der Waals surface area contributed by atoms with Gasteiger partial charge in [-0.05, 0) is 37.6 Å². The summed E-state index contributed by atoms with van der Waals surface area (Å²) >= 11 is 0. The highest BCUT2D eigenvalue weighted by Crippen LogP contribution is 2.16.